The zero-order valence-corrected chi connectivity index (χ0v) is 12.6. The van der Waals surface area contributed by atoms with Crippen LogP contribution in [0.25, 0.3) is 0 Å². The molecule has 0 aliphatic rings. The average molecular weight is 292 g/mol. The Balaban J connectivity index is 2.67. The van der Waals surface area contributed by atoms with Crippen LogP contribution < -0.4 is 10.6 Å². The monoisotopic (exact) mass is 292 g/mol. The molecule has 0 saturated carbocycles. The first-order valence-electron chi connectivity index (χ1n) is 7.18. The number of carbonyl (C=O) groups excluding carboxylic acids is 2. The van der Waals surface area contributed by atoms with E-state index in [2.05, 4.69) is 10.6 Å². The molecular formula is C16H24N2O3. The van der Waals surface area contributed by atoms with Crippen molar-refractivity contribution in [1.82, 2.24) is 10.6 Å². The van der Waals surface area contributed by atoms with Crippen molar-refractivity contribution in [3.8, 4) is 0 Å². The van der Waals surface area contributed by atoms with Crippen molar-refractivity contribution in [3.63, 3.8) is 0 Å². The highest BCUT2D eigenvalue weighted by Crippen LogP contribution is 2.13. The van der Waals surface area contributed by atoms with E-state index in [0.29, 0.717) is 12.8 Å². The molecule has 0 radical (unpaired) electrons. The third kappa shape index (κ3) is 5.65. The number of ketones is 1. The number of benzene rings is 1. The predicted molar refractivity (Wildman–Crippen MR) is 81.9 cm³/mol. The number of aliphatic hydroxyl groups excluding tert-OH is 1. The summed E-state index contributed by atoms with van der Waals surface area (Å²) in [5.74, 6) is -0.686. The minimum Gasteiger partial charge on any atom is -0.396 e. The highest BCUT2D eigenvalue weighted by molar-refractivity contribution is 5.89. The summed E-state index contributed by atoms with van der Waals surface area (Å²) in [6, 6.07) is 9.43. The normalized spacial score (nSPS) is 13.5. The van der Waals surface area contributed by atoms with E-state index in [1.807, 2.05) is 30.3 Å². The van der Waals surface area contributed by atoms with Gasteiger partial charge in [-0.1, -0.05) is 30.3 Å². The molecule has 5 nitrogen and oxygen atoms in total. The summed E-state index contributed by atoms with van der Waals surface area (Å²) in [6.07, 6.45) is 1.03. The first kappa shape index (κ1) is 17.3. The summed E-state index contributed by atoms with van der Waals surface area (Å²) in [7, 11) is 3.28. The molecule has 3 N–H and O–H groups in total. The van der Waals surface area contributed by atoms with E-state index < -0.39 is 5.92 Å². The minimum absolute atomic E-state index is 0.0107. The van der Waals surface area contributed by atoms with Crippen LogP contribution in [0.1, 0.15) is 18.4 Å². The minimum atomic E-state index is -0.473. The Labute approximate surface area is 125 Å². The van der Waals surface area contributed by atoms with E-state index in [0.717, 1.165) is 5.56 Å². The molecule has 1 amide bonds. The van der Waals surface area contributed by atoms with Crippen LogP contribution in [0.2, 0.25) is 0 Å². The van der Waals surface area contributed by atoms with Crippen LogP contribution in [0, 0.1) is 5.92 Å². The highest BCUT2D eigenvalue weighted by Gasteiger charge is 2.25. The van der Waals surface area contributed by atoms with E-state index in [1.165, 1.54) is 7.05 Å². The van der Waals surface area contributed by atoms with Gasteiger partial charge in [-0.25, -0.2) is 0 Å². The van der Waals surface area contributed by atoms with Crippen LogP contribution in [-0.2, 0) is 16.0 Å². The SMILES string of the molecule is CNC(=O)[C@H](CCO)CC(=O)[C@H](Cc1ccccc1)NC. The number of carbonyl (C=O) groups is 2. The number of rotatable bonds is 9. The predicted octanol–water partition coefficient (Wildman–Crippen LogP) is 0.521. The summed E-state index contributed by atoms with van der Waals surface area (Å²) in [5, 5.41) is 14.6. The molecule has 0 spiro atoms. The fourth-order valence-electron chi connectivity index (χ4n) is 2.30. The van der Waals surface area contributed by atoms with Crippen LogP contribution in [-0.4, -0.2) is 43.5 Å². The van der Waals surface area contributed by atoms with E-state index >= 15 is 0 Å². The maximum Gasteiger partial charge on any atom is 0.223 e. The van der Waals surface area contributed by atoms with E-state index in [1.54, 1.807) is 7.05 Å². The van der Waals surface area contributed by atoms with Gasteiger partial charge in [0.15, 0.2) is 5.78 Å². The summed E-state index contributed by atoms with van der Waals surface area (Å²) in [6.45, 7) is -0.103. The highest BCUT2D eigenvalue weighted by atomic mass is 16.3. The van der Waals surface area contributed by atoms with Crippen molar-refractivity contribution in [2.24, 2.45) is 5.92 Å². The van der Waals surface area contributed by atoms with E-state index in [-0.39, 0.29) is 30.8 Å². The molecule has 0 bridgehead atoms. The Kier molecular flexibility index (Phi) is 7.64. The second-order valence-electron chi connectivity index (χ2n) is 5.02. The molecule has 0 aromatic heterocycles. The van der Waals surface area contributed by atoms with Crippen LogP contribution in [0.15, 0.2) is 30.3 Å². The lowest BCUT2D eigenvalue weighted by Crippen LogP contribution is -2.39. The molecule has 5 heteroatoms. The summed E-state index contributed by atoms with van der Waals surface area (Å²) in [4.78, 5) is 24.1. The van der Waals surface area contributed by atoms with Crippen molar-refractivity contribution in [2.75, 3.05) is 20.7 Å². The Morgan fingerprint density at radius 1 is 1.19 bits per heavy atom. The van der Waals surface area contributed by atoms with Crippen LogP contribution in [0.5, 0.6) is 0 Å². The maximum absolute atomic E-state index is 12.4. The van der Waals surface area contributed by atoms with Crippen LogP contribution in [0.4, 0.5) is 0 Å². The number of likely N-dealkylation sites (N-methyl/N-ethyl adjacent to an activating group) is 1. The van der Waals surface area contributed by atoms with Crippen molar-refractivity contribution in [1.29, 1.82) is 0 Å². The van der Waals surface area contributed by atoms with Crippen molar-refractivity contribution in [3.05, 3.63) is 35.9 Å². The molecule has 0 fully saturated rings. The Hall–Kier alpha value is -1.72. The standard InChI is InChI=1S/C16H24N2O3/c1-17-14(10-12-6-4-3-5-7-12)15(20)11-13(8-9-19)16(21)18-2/h3-7,13-14,17,19H,8-11H2,1-2H3,(H,18,21)/t13-,14+/m1/s1. The van der Waals surface area contributed by atoms with Gasteiger partial charge in [0.05, 0.1) is 6.04 Å². The number of Topliss-reactive ketones (excluding diaryl/α,β-unsaturated/α-hetero) is 1. The number of aliphatic hydroxyl groups is 1. The Bertz CT molecular complexity index is 448. The summed E-state index contributed by atoms with van der Waals surface area (Å²) in [5.41, 5.74) is 1.07. The zero-order chi connectivity index (χ0) is 15.7. The maximum atomic E-state index is 12.4. The number of hydrogen-bond donors (Lipinski definition) is 3. The molecule has 1 aromatic carbocycles. The molecule has 1 rings (SSSR count). The van der Waals surface area contributed by atoms with Crippen molar-refractivity contribution in [2.45, 2.75) is 25.3 Å². The van der Waals surface area contributed by atoms with Gasteiger partial charge in [-0.15, -0.1) is 0 Å². The molecule has 0 aliphatic heterocycles. The third-order valence-corrected chi connectivity index (χ3v) is 3.56. The van der Waals surface area contributed by atoms with Gasteiger partial charge in [0.1, 0.15) is 0 Å². The fraction of sp³-hybridized carbons (Fsp3) is 0.500. The topological polar surface area (TPSA) is 78.4 Å². The van der Waals surface area contributed by atoms with Gasteiger partial charge >= 0.3 is 0 Å². The van der Waals surface area contributed by atoms with Crippen LogP contribution in [0.3, 0.4) is 0 Å². The molecule has 0 heterocycles. The van der Waals surface area contributed by atoms with Crippen LogP contribution >= 0.6 is 0 Å². The molecule has 0 unspecified atom stereocenters. The first-order valence-corrected chi connectivity index (χ1v) is 7.18. The van der Waals surface area contributed by atoms with Gasteiger partial charge in [0.2, 0.25) is 5.91 Å². The van der Waals surface area contributed by atoms with Crippen molar-refractivity contribution < 1.29 is 14.7 Å². The zero-order valence-electron chi connectivity index (χ0n) is 12.6. The Morgan fingerprint density at radius 2 is 1.86 bits per heavy atom. The summed E-state index contributed by atoms with van der Waals surface area (Å²) < 4.78 is 0. The van der Waals surface area contributed by atoms with E-state index in [4.69, 9.17) is 5.11 Å². The second-order valence-corrected chi connectivity index (χ2v) is 5.02. The van der Waals surface area contributed by atoms with Gasteiger partial charge < -0.3 is 15.7 Å². The Morgan fingerprint density at radius 3 is 2.38 bits per heavy atom. The molecule has 0 saturated heterocycles. The lowest BCUT2D eigenvalue weighted by atomic mass is 9.92. The van der Waals surface area contributed by atoms with Gasteiger partial charge in [0.25, 0.3) is 0 Å². The quantitative estimate of drug-likeness (QED) is 0.620. The molecule has 2 atom stereocenters. The molecule has 0 aliphatic carbocycles. The fourth-order valence-corrected chi connectivity index (χ4v) is 2.30. The number of amides is 1. The first-order chi connectivity index (χ1) is 10.1. The summed E-state index contributed by atoms with van der Waals surface area (Å²) >= 11 is 0. The largest absolute Gasteiger partial charge is 0.396 e. The van der Waals surface area contributed by atoms with E-state index in [9.17, 15) is 9.59 Å². The molecule has 21 heavy (non-hydrogen) atoms. The average Bonchev–Trinajstić information content (AvgIpc) is 2.52. The number of hydrogen-bond acceptors (Lipinski definition) is 4. The lowest BCUT2D eigenvalue weighted by Gasteiger charge is -2.19. The molecule has 116 valence electrons. The van der Waals surface area contributed by atoms with Crippen molar-refractivity contribution >= 4 is 11.7 Å². The lowest BCUT2D eigenvalue weighted by molar-refractivity contribution is -0.130. The van der Waals surface area contributed by atoms with Gasteiger partial charge in [-0.05, 0) is 25.5 Å². The third-order valence-electron chi connectivity index (χ3n) is 3.56. The number of nitrogens with one attached hydrogen (secondary N) is 2. The smallest absolute Gasteiger partial charge is 0.223 e. The molecular weight excluding hydrogens is 268 g/mol. The second kappa shape index (κ2) is 9.26. The van der Waals surface area contributed by atoms with Gasteiger partial charge in [-0.2, -0.15) is 0 Å². The van der Waals surface area contributed by atoms with Gasteiger partial charge in [-0.3, -0.25) is 9.59 Å². The molecule has 1 aromatic rings. The van der Waals surface area contributed by atoms with Gasteiger partial charge in [0, 0.05) is 26.0 Å².